The Morgan fingerprint density at radius 3 is 3.04 bits per heavy atom. The highest BCUT2D eigenvalue weighted by atomic mass is 16.5. The lowest BCUT2D eigenvalue weighted by Gasteiger charge is -2.24. The van der Waals surface area contributed by atoms with E-state index in [0.717, 1.165) is 42.9 Å². The summed E-state index contributed by atoms with van der Waals surface area (Å²) in [5.41, 5.74) is 2.92. The van der Waals surface area contributed by atoms with E-state index in [-0.39, 0.29) is 11.9 Å². The van der Waals surface area contributed by atoms with Crippen molar-refractivity contribution in [3.8, 4) is 5.75 Å². The zero-order chi connectivity index (χ0) is 17.9. The quantitative estimate of drug-likeness (QED) is 0.711. The third kappa shape index (κ3) is 3.43. The first-order valence-electron chi connectivity index (χ1n) is 9.08. The highest BCUT2D eigenvalue weighted by Gasteiger charge is 2.29. The van der Waals surface area contributed by atoms with E-state index < -0.39 is 0 Å². The first-order chi connectivity index (χ1) is 12.7. The highest BCUT2D eigenvalue weighted by molar-refractivity contribution is 5.79. The van der Waals surface area contributed by atoms with Crippen LogP contribution in [0.2, 0.25) is 0 Å². The van der Waals surface area contributed by atoms with Gasteiger partial charge in [0.15, 0.2) is 0 Å². The number of imidazole rings is 1. The summed E-state index contributed by atoms with van der Waals surface area (Å²) in [6, 6.07) is 14.2. The normalized spacial score (nSPS) is 17.0. The lowest BCUT2D eigenvalue weighted by atomic mass is 10.0. The van der Waals surface area contributed by atoms with Crippen molar-refractivity contribution in [3.05, 3.63) is 66.1 Å². The second-order valence-electron chi connectivity index (χ2n) is 6.81. The number of carbonyl (C=O) groups excluding carboxylic acids is 1. The Kier molecular flexibility index (Phi) is 4.61. The molecule has 2 aromatic heterocycles. The second-order valence-corrected chi connectivity index (χ2v) is 6.81. The molecule has 0 aliphatic carbocycles. The number of nitrogens with zero attached hydrogens (tertiary/aromatic N) is 3. The van der Waals surface area contributed by atoms with Crippen molar-refractivity contribution in [3.63, 3.8) is 0 Å². The van der Waals surface area contributed by atoms with Crippen LogP contribution in [0.3, 0.4) is 0 Å². The summed E-state index contributed by atoms with van der Waals surface area (Å²) in [6.45, 7) is 0.834. The Bertz CT molecular complexity index is 885. The molecule has 5 heteroatoms. The van der Waals surface area contributed by atoms with Crippen molar-refractivity contribution in [2.45, 2.75) is 31.7 Å². The van der Waals surface area contributed by atoms with E-state index in [4.69, 9.17) is 4.74 Å². The molecule has 3 heterocycles. The molecular formula is C21H23N3O2. The summed E-state index contributed by atoms with van der Waals surface area (Å²) in [7, 11) is 1.68. The molecule has 26 heavy (non-hydrogen) atoms. The maximum Gasteiger partial charge on any atom is 0.228 e. The van der Waals surface area contributed by atoms with Gasteiger partial charge in [-0.15, -0.1) is 0 Å². The van der Waals surface area contributed by atoms with Crippen LogP contribution in [0.1, 0.15) is 24.1 Å². The summed E-state index contributed by atoms with van der Waals surface area (Å²) in [5, 5.41) is 0. The molecule has 3 aromatic rings. The number of pyridine rings is 1. The van der Waals surface area contributed by atoms with Gasteiger partial charge in [-0.05, 0) is 49.1 Å². The fourth-order valence-corrected chi connectivity index (χ4v) is 3.78. The maximum absolute atomic E-state index is 12.9. The van der Waals surface area contributed by atoms with Crippen molar-refractivity contribution in [2.24, 2.45) is 0 Å². The van der Waals surface area contributed by atoms with Gasteiger partial charge >= 0.3 is 0 Å². The van der Waals surface area contributed by atoms with E-state index in [0.29, 0.717) is 6.42 Å². The van der Waals surface area contributed by atoms with Crippen LogP contribution in [0, 0.1) is 0 Å². The van der Waals surface area contributed by atoms with Crippen molar-refractivity contribution in [1.29, 1.82) is 0 Å². The van der Waals surface area contributed by atoms with Gasteiger partial charge in [0.2, 0.25) is 5.91 Å². The van der Waals surface area contributed by atoms with Gasteiger partial charge in [-0.1, -0.05) is 18.2 Å². The third-order valence-electron chi connectivity index (χ3n) is 5.05. The molecule has 1 fully saturated rings. The average Bonchev–Trinajstić information content (AvgIpc) is 3.28. The molecular weight excluding hydrogens is 326 g/mol. The molecule has 0 radical (unpaired) electrons. The van der Waals surface area contributed by atoms with Crippen molar-refractivity contribution in [1.82, 2.24) is 14.3 Å². The van der Waals surface area contributed by atoms with E-state index >= 15 is 0 Å². The molecule has 134 valence electrons. The number of carbonyl (C=O) groups is 1. The SMILES string of the molecule is COc1cccc(CC2CCCN2C(=O)Cc2cn3ccccc3n2)c1. The van der Waals surface area contributed by atoms with Gasteiger partial charge < -0.3 is 14.0 Å². The zero-order valence-corrected chi connectivity index (χ0v) is 15.0. The first-order valence-corrected chi connectivity index (χ1v) is 9.08. The lowest BCUT2D eigenvalue weighted by molar-refractivity contribution is -0.131. The molecule has 0 N–H and O–H groups in total. The number of amides is 1. The minimum atomic E-state index is 0.166. The zero-order valence-electron chi connectivity index (χ0n) is 15.0. The molecule has 4 rings (SSSR count). The number of methoxy groups -OCH3 is 1. The number of likely N-dealkylation sites (tertiary alicyclic amines) is 1. The fraction of sp³-hybridized carbons (Fsp3) is 0.333. The summed E-state index contributed by atoms with van der Waals surface area (Å²) >= 11 is 0. The largest absolute Gasteiger partial charge is 0.497 e. The van der Waals surface area contributed by atoms with Gasteiger partial charge in [0, 0.05) is 25.0 Å². The number of hydrogen-bond acceptors (Lipinski definition) is 3. The number of fused-ring (bicyclic) bond motifs is 1. The smallest absolute Gasteiger partial charge is 0.228 e. The molecule has 1 unspecified atom stereocenters. The Morgan fingerprint density at radius 1 is 1.27 bits per heavy atom. The Labute approximate surface area is 153 Å². The Morgan fingerprint density at radius 2 is 2.19 bits per heavy atom. The van der Waals surface area contributed by atoms with Gasteiger partial charge in [-0.2, -0.15) is 0 Å². The number of hydrogen-bond donors (Lipinski definition) is 0. The number of rotatable bonds is 5. The molecule has 1 aliphatic rings. The van der Waals surface area contributed by atoms with Crippen molar-refractivity contribution in [2.75, 3.05) is 13.7 Å². The number of benzene rings is 1. The Balaban J connectivity index is 1.45. The summed E-state index contributed by atoms with van der Waals surface area (Å²) in [5.74, 6) is 1.03. The lowest BCUT2D eigenvalue weighted by Crippen LogP contribution is -2.37. The van der Waals surface area contributed by atoms with Crippen LogP contribution in [0.4, 0.5) is 0 Å². The van der Waals surface area contributed by atoms with Crippen LogP contribution in [0.15, 0.2) is 54.9 Å². The molecule has 5 nitrogen and oxygen atoms in total. The maximum atomic E-state index is 12.9. The fourth-order valence-electron chi connectivity index (χ4n) is 3.78. The van der Waals surface area contributed by atoms with E-state index in [1.807, 2.05) is 52.0 Å². The number of ether oxygens (including phenoxy) is 1. The molecule has 0 saturated carbocycles. The number of aromatic nitrogens is 2. The molecule has 1 atom stereocenters. The van der Waals surface area contributed by atoms with E-state index in [9.17, 15) is 4.79 Å². The van der Waals surface area contributed by atoms with E-state index in [1.54, 1.807) is 7.11 Å². The molecule has 0 spiro atoms. The van der Waals surface area contributed by atoms with Gasteiger partial charge in [-0.3, -0.25) is 4.79 Å². The minimum Gasteiger partial charge on any atom is -0.497 e. The van der Waals surface area contributed by atoms with Crippen molar-refractivity contribution >= 4 is 11.6 Å². The highest BCUT2D eigenvalue weighted by Crippen LogP contribution is 2.24. The van der Waals surface area contributed by atoms with Crippen LogP contribution in [0.25, 0.3) is 5.65 Å². The van der Waals surface area contributed by atoms with E-state index in [2.05, 4.69) is 17.1 Å². The summed E-state index contributed by atoms with van der Waals surface area (Å²) < 4.78 is 7.27. The second kappa shape index (κ2) is 7.20. The average molecular weight is 349 g/mol. The molecule has 1 saturated heterocycles. The van der Waals surface area contributed by atoms with E-state index in [1.165, 1.54) is 5.56 Å². The monoisotopic (exact) mass is 349 g/mol. The van der Waals surface area contributed by atoms with Crippen LogP contribution in [0.5, 0.6) is 5.75 Å². The summed E-state index contributed by atoms with van der Waals surface area (Å²) in [4.78, 5) is 19.5. The summed E-state index contributed by atoms with van der Waals surface area (Å²) in [6.07, 6.45) is 7.24. The third-order valence-corrected chi connectivity index (χ3v) is 5.05. The predicted octanol–water partition coefficient (Wildman–Crippen LogP) is 3.12. The van der Waals surface area contributed by atoms with Gasteiger partial charge in [0.05, 0.1) is 19.2 Å². The minimum absolute atomic E-state index is 0.166. The molecule has 1 aromatic carbocycles. The van der Waals surface area contributed by atoms with Gasteiger partial charge in [-0.25, -0.2) is 4.98 Å². The van der Waals surface area contributed by atoms with Crippen molar-refractivity contribution < 1.29 is 9.53 Å². The van der Waals surface area contributed by atoms with Crippen LogP contribution in [-0.4, -0.2) is 39.9 Å². The van der Waals surface area contributed by atoms with Crippen LogP contribution in [-0.2, 0) is 17.6 Å². The molecule has 1 aliphatic heterocycles. The standard InChI is InChI=1S/C21H23N3O2/c1-26-19-8-4-6-16(13-19)12-18-7-5-11-24(18)21(25)14-17-15-23-10-3-2-9-20(23)22-17/h2-4,6,8-10,13,15,18H,5,7,11-12,14H2,1H3. The first kappa shape index (κ1) is 16.6. The van der Waals surface area contributed by atoms with Crippen LogP contribution < -0.4 is 4.74 Å². The molecule has 1 amide bonds. The Hall–Kier alpha value is -2.82. The predicted molar refractivity (Wildman–Crippen MR) is 100 cm³/mol. The topological polar surface area (TPSA) is 46.8 Å². The van der Waals surface area contributed by atoms with Gasteiger partial charge in [0.25, 0.3) is 0 Å². The van der Waals surface area contributed by atoms with Crippen LogP contribution >= 0.6 is 0 Å². The molecule has 0 bridgehead atoms. The van der Waals surface area contributed by atoms with Gasteiger partial charge in [0.1, 0.15) is 11.4 Å².